The summed E-state index contributed by atoms with van der Waals surface area (Å²) >= 11 is 3.28. The molecule has 1 aliphatic rings. The number of hydrogen-bond donors (Lipinski definition) is 2. The minimum Gasteiger partial charge on any atom is -0.352 e. The molecule has 0 spiro atoms. The molecular weight excluding hydrogens is 470 g/mol. The number of halogens is 1. The minimum absolute atomic E-state index is 0.00797. The number of carbonyl (C=O) groups is 2. The Balaban J connectivity index is 1.78. The third-order valence-electron chi connectivity index (χ3n) is 4.73. The molecule has 1 unspecified atom stereocenters. The van der Waals surface area contributed by atoms with Gasteiger partial charge < -0.3 is 10.2 Å². The molecule has 3 rings (SSSR count). The topological polar surface area (TPSA) is 95.6 Å². The van der Waals surface area contributed by atoms with Crippen molar-refractivity contribution < 1.29 is 18.0 Å². The predicted octanol–water partition coefficient (Wildman–Crippen LogP) is 3.38. The molecule has 0 aliphatic carbocycles. The van der Waals surface area contributed by atoms with Crippen molar-refractivity contribution >= 4 is 43.5 Å². The lowest BCUT2D eigenvalue weighted by Crippen LogP contribution is -2.47. The van der Waals surface area contributed by atoms with Crippen molar-refractivity contribution in [3.8, 4) is 0 Å². The van der Waals surface area contributed by atoms with Crippen molar-refractivity contribution in [2.75, 3.05) is 11.3 Å². The van der Waals surface area contributed by atoms with Crippen LogP contribution < -0.4 is 10.0 Å². The molecule has 0 bridgehead atoms. The van der Waals surface area contributed by atoms with Crippen LogP contribution in [0.4, 0.5) is 5.69 Å². The van der Waals surface area contributed by atoms with Crippen molar-refractivity contribution in [2.45, 2.75) is 43.7 Å². The quantitative estimate of drug-likeness (QED) is 0.644. The largest absolute Gasteiger partial charge is 0.352 e. The molecule has 7 nitrogen and oxygen atoms in total. The predicted molar refractivity (Wildman–Crippen MR) is 119 cm³/mol. The Bertz CT molecular complexity index is 1040. The highest BCUT2D eigenvalue weighted by Crippen LogP contribution is 2.23. The van der Waals surface area contributed by atoms with Gasteiger partial charge >= 0.3 is 0 Å². The zero-order valence-electron chi connectivity index (χ0n) is 16.8. The first kappa shape index (κ1) is 22.3. The summed E-state index contributed by atoms with van der Waals surface area (Å²) in [6.45, 7) is 4.24. The van der Waals surface area contributed by atoms with Crippen molar-refractivity contribution in [3.63, 3.8) is 0 Å². The summed E-state index contributed by atoms with van der Waals surface area (Å²) in [6, 6.07) is 12.1. The molecule has 2 aromatic rings. The molecule has 1 heterocycles. The highest BCUT2D eigenvalue weighted by Gasteiger charge is 2.34. The Morgan fingerprint density at radius 1 is 1.13 bits per heavy atom. The average Bonchev–Trinajstić information content (AvgIpc) is 3.17. The zero-order valence-corrected chi connectivity index (χ0v) is 19.2. The molecule has 0 radical (unpaired) electrons. The molecule has 0 saturated carbocycles. The van der Waals surface area contributed by atoms with Gasteiger partial charge in [0.25, 0.3) is 15.9 Å². The number of rotatable bonds is 6. The van der Waals surface area contributed by atoms with Crippen LogP contribution in [0.2, 0.25) is 0 Å². The Morgan fingerprint density at radius 3 is 2.50 bits per heavy atom. The van der Waals surface area contributed by atoms with Gasteiger partial charge in [0.05, 0.1) is 4.90 Å². The van der Waals surface area contributed by atoms with Crippen molar-refractivity contribution in [1.82, 2.24) is 10.2 Å². The van der Waals surface area contributed by atoms with E-state index in [1.807, 2.05) is 13.8 Å². The van der Waals surface area contributed by atoms with Gasteiger partial charge in [-0.25, -0.2) is 8.42 Å². The lowest BCUT2D eigenvalue weighted by molar-refractivity contribution is -0.125. The minimum atomic E-state index is -3.79. The Kier molecular flexibility index (Phi) is 6.82. The van der Waals surface area contributed by atoms with E-state index in [0.29, 0.717) is 18.5 Å². The van der Waals surface area contributed by atoms with E-state index in [1.54, 1.807) is 35.2 Å². The first-order chi connectivity index (χ1) is 14.2. The molecule has 0 aromatic heterocycles. The second kappa shape index (κ2) is 9.18. The molecule has 1 atom stereocenters. The summed E-state index contributed by atoms with van der Waals surface area (Å²) in [5.74, 6) is -0.455. The number of sulfonamides is 1. The maximum atomic E-state index is 13.0. The molecule has 9 heteroatoms. The van der Waals surface area contributed by atoms with E-state index < -0.39 is 16.1 Å². The highest BCUT2D eigenvalue weighted by molar-refractivity contribution is 9.10. The van der Waals surface area contributed by atoms with E-state index in [4.69, 9.17) is 0 Å². The van der Waals surface area contributed by atoms with Crippen LogP contribution >= 0.6 is 15.9 Å². The first-order valence-corrected chi connectivity index (χ1v) is 11.9. The Morgan fingerprint density at radius 2 is 1.83 bits per heavy atom. The Labute approximate surface area is 185 Å². The molecule has 2 aromatic carbocycles. The number of hydrogen-bond acceptors (Lipinski definition) is 4. The summed E-state index contributed by atoms with van der Waals surface area (Å²) in [5, 5.41) is 2.86. The number of anilines is 1. The van der Waals surface area contributed by atoms with Gasteiger partial charge in [-0.3, -0.25) is 14.3 Å². The number of benzene rings is 2. The normalized spacial score (nSPS) is 16.5. The second-order valence-electron chi connectivity index (χ2n) is 7.46. The number of nitrogens with one attached hydrogen (secondary N) is 2. The van der Waals surface area contributed by atoms with E-state index >= 15 is 0 Å². The van der Waals surface area contributed by atoms with Gasteiger partial charge in [-0.1, -0.05) is 22.0 Å². The third-order valence-corrected chi connectivity index (χ3v) is 6.66. The van der Waals surface area contributed by atoms with Crippen molar-refractivity contribution in [2.24, 2.45) is 0 Å². The fourth-order valence-corrected chi connectivity index (χ4v) is 4.69. The van der Waals surface area contributed by atoms with Crippen LogP contribution in [-0.2, 0) is 14.8 Å². The summed E-state index contributed by atoms with van der Waals surface area (Å²) in [4.78, 5) is 27.1. The second-order valence-corrected chi connectivity index (χ2v) is 10.1. The van der Waals surface area contributed by atoms with Gasteiger partial charge in [0.1, 0.15) is 6.04 Å². The van der Waals surface area contributed by atoms with Crippen LogP contribution in [-0.4, -0.2) is 43.8 Å². The highest BCUT2D eigenvalue weighted by atomic mass is 79.9. The van der Waals surface area contributed by atoms with Gasteiger partial charge in [-0.2, -0.15) is 0 Å². The van der Waals surface area contributed by atoms with Gasteiger partial charge in [-0.05, 0) is 69.2 Å². The molecule has 30 heavy (non-hydrogen) atoms. The first-order valence-electron chi connectivity index (χ1n) is 9.67. The summed E-state index contributed by atoms with van der Waals surface area (Å²) in [7, 11) is -3.79. The number of likely N-dealkylation sites (tertiary alicyclic amines) is 1. The van der Waals surface area contributed by atoms with Crippen LogP contribution in [0.1, 0.15) is 37.0 Å². The molecular formula is C21H24BrN3O4S. The number of carbonyl (C=O) groups excluding carboxylic acids is 2. The third kappa shape index (κ3) is 5.20. The van der Waals surface area contributed by atoms with E-state index in [9.17, 15) is 18.0 Å². The van der Waals surface area contributed by atoms with E-state index in [1.165, 1.54) is 18.2 Å². The van der Waals surface area contributed by atoms with Crippen LogP contribution in [0.5, 0.6) is 0 Å². The SMILES string of the molecule is CC(C)NC(=O)C1CCCN1C(=O)c1cccc(NS(=O)(=O)c2ccc(Br)cc2)c1. The molecule has 2 N–H and O–H groups in total. The lowest BCUT2D eigenvalue weighted by Gasteiger charge is -2.25. The maximum Gasteiger partial charge on any atom is 0.261 e. The van der Waals surface area contributed by atoms with Gasteiger partial charge in [0.15, 0.2) is 0 Å². The summed E-state index contributed by atoms with van der Waals surface area (Å²) < 4.78 is 28.5. The van der Waals surface area contributed by atoms with E-state index in [0.717, 1.165) is 10.9 Å². The molecule has 2 amide bonds. The van der Waals surface area contributed by atoms with Gasteiger partial charge in [0, 0.05) is 28.3 Å². The van der Waals surface area contributed by atoms with Gasteiger partial charge in [-0.15, -0.1) is 0 Å². The summed E-state index contributed by atoms with van der Waals surface area (Å²) in [6.07, 6.45) is 1.36. The maximum absolute atomic E-state index is 13.0. The number of nitrogens with zero attached hydrogens (tertiary/aromatic N) is 1. The Hall–Kier alpha value is -2.39. The monoisotopic (exact) mass is 493 g/mol. The average molecular weight is 494 g/mol. The molecule has 1 saturated heterocycles. The number of amides is 2. The smallest absolute Gasteiger partial charge is 0.261 e. The van der Waals surface area contributed by atoms with Crippen LogP contribution in [0.3, 0.4) is 0 Å². The zero-order chi connectivity index (χ0) is 21.9. The fraction of sp³-hybridized carbons (Fsp3) is 0.333. The molecule has 1 aliphatic heterocycles. The van der Waals surface area contributed by atoms with Crippen LogP contribution in [0, 0.1) is 0 Å². The van der Waals surface area contributed by atoms with Crippen LogP contribution in [0.25, 0.3) is 0 Å². The van der Waals surface area contributed by atoms with E-state index in [2.05, 4.69) is 26.0 Å². The van der Waals surface area contributed by atoms with Crippen LogP contribution in [0.15, 0.2) is 57.9 Å². The van der Waals surface area contributed by atoms with Gasteiger partial charge in [0.2, 0.25) is 5.91 Å². The van der Waals surface area contributed by atoms with E-state index in [-0.39, 0.29) is 28.4 Å². The lowest BCUT2D eigenvalue weighted by atomic mass is 10.1. The van der Waals surface area contributed by atoms with Crippen molar-refractivity contribution in [1.29, 1.82) is 0 Å². The van der Waals surface area contributed by atoms with Crippen molar-refractivity contribution in [3.05, 3.63) is 58.6 Å². The standard InChI is InChI=1S/C21H24BrN3O4S/c1-14(2)23-20(26)19-7-4-12-25(19)21(27)15-5-3-6-17(13-15)24-30(28,29)18-10-8-16(22)9-11-18/h3,5-6,8-11,13-14,19,24H,4,7,12H2,1-2H3,(H,23,26). The summed E-state index contributed by atoms with van der Waals surface area (Å²) in [5.41, 5.74) is 0.612. The molecule has 1 fully saturated rings. The fourth-order valence-electron chi connectivity index (χ4n) is 3.37. The molecule has 160 valence electrons.